The van der Waals surface area contributed by atoms with Crippen LogP contribution < -0.4 is 5.32 Å². The molecule has 0 aliphatic heterocycles. The van der Waals surface area contributed by atoms with Gasteiger partial charge in [0.2, 0.25) is 5.91 Å². The van der Waals surface area contributed by atoms with Crippen molar-refractivity contribution in [1.82, 2.24) is 5.32 Å². The van der Waals surface area contributed by atoms with Gasteiger partial charge in [-0.3, -0.25) is 9.00 Å². The van der Waals surface area contributed by atoms with E-state index in [4.69, 9.17) is 0 Å². The maximum Gasteiger partial charge on any atom is 0.216 e. The lowest BCUT2D eigenvalue weighted by atomic mass is 10.1. The van der Waals surface area contributed by atoms with Crippen LogP contribution in [-0.2, 0) is 28.4 Å². The molecule has 0 bridgehead atoms. The van der Waals surface area contributed by atoms with E-state index >= 15 is 0 Å². The summed E-state index contributed by atoms with van der Waals surface area (Å²) in [5.41, 5.74) is 2.77. The summed E-state index contributed by atoms with van der Waals surface area (Å²) in [5.74, 6) is 0.581. The van der Waals surface area contributed by atoms with Crippen molar-refractivity contribution in [3.8, 4) is 0 Å². The topological polar surface area (TPSA) is 46.2 Å². The zero-order valence-corrected chi connectivity index (χ0v) is 11.5. The molecule has 98 valence electrons. The Bertz CT molecular complexity index is 471. The van der Waals surface area contributed by atoms with E-state index in [1.54, 1.807) is 0 Å². The fraction of sp³-hybridized carbons (Fsp3) is 0.500. The quantitative estimate of drug-likeness (QED) is 0.825. The van der Waals surface area contributed by atoms with Crippen LogP contribution in [-0.4, -0.2) is 22.4 Å². The number of benzene rings is 1. The molecular weight excluding hydrogens is 246 g/mol. The molecule has 1 atom stereocenters. The molecule has 0 aromatic heterocycles. The lowest BCUT2D eigenvalue weighted by molar-refractivity contribution is -0.118. The molecule has 1 aromatic rings. The second-order valence-electron chi connectivity index (χ2n) is 4.67. The first-order valence-corrected chi connectivity index (χ1v) is 7.73. The largest absolute Gasteiger partial charge is 0.356 e. The molecule has 18 heavy (non-hydrogen) atoms. The van der Waals surface area contributed by atoms with E-state index in [0.29, 0.717) is 12.3 Å². The smallest absolute Gasteiger partial charge is 0.216 e. The zero-order chi connectivity index (χ0) is 13.0. The lowest BCUT2D eigenvalue weighted by Gasteiger charge is -2.05. The number of nitrogens with one attached hydrogen (secondary N) is 1. The second-order valence-corrected chi connectivity index (χ2v) is 6.24. The van der Waals surface area contributed by atoms with Gasteiger partial charge in [-0.15, -0.1) is 0 Å². The lowest BCUT2D eigenvalue weighted by Crippen LogP contribution is -2.22. The van der Waals surface area contributed by atoms with Crippen LogP contribution in [0.5, 0.6) is 0 Å². The van der Waals surface area contributed by atoms with Gasteiger partial charge in [-0.25, -0.2) is 0 Å². The highest BCUT2D eigenvalue weighted by Crippen LogP contribution is 2.24. The molecule has 3 nitrogen and oxygen atoms in total. The van der Waals surface area contributed by atoms with Gasteiger partial charge in [0.1, 0.15) is 0 Å². The van der Waals surface area contributed by atoms with E-state index in [1.165, 1.54) is 24.5 Å². The fourth-order valence-electron chi connectivity index (χ4n) is 2.28. The molecule has 0 spiro atoms. The van der Waals surface area contributed by atoms with Crippen LogP contribution in [0.3, 0.4) is 0 Å². The van der Waals surface area contributed by atoms with Gasteiger partial charge in [0, 0.05) is 24.1 Å². The maximum absolute atomic E-state index is 12.1. The third-order valence-corrected chi connectivity index (χ3v) is 4.65. The molecule has 0 saturated heterocycles. The van der Waals surface area contributed by atoms with E-state index in [0.717, 1.165) is 24.2 Å². The predicted molar refractivity (Wildman–Crippen MR) is 73.0 cm³/mol. The minimum atomic E-state index is -0.942. The molecule has 1 aliphatic rings. The van der Waals surface area contributed by atoms with Crippen molar-refractivity contribution in [3.63, 3.8) is 0 Å². The van der Waals surface area contributed by atoms with Gasteiger partial charge in [-0.2, -0.15) is 0 Å². The van der Waals surface area contributed by atoms with E-state index < -0.39 is 10.8 Å². The Morgan fingerprint density at radius 3 is 2.89 bits per heavy atom. The van der Waals surface area contributed by atoms with Crippen molar-refractivity contribution in [1.29, 1.82) is 0 Å². The van der Waals surface area contributed by atoms with Gasteiger partial charge in [0.25, 0.3) is 0 Å². The minimum absolute atomic E-state index is 0.0293. The van der Waals surface area contributed by atoms with E-state index in [9.17, 15) is 9.00 Å². The van der Waals surface area contributed by atoms with E-state index in [-0.39, 0.29) is 5.91 Å². The van der Waals surface area contributed by atoms with Crippen molar-refractivity contribution in [2.24, 2.45) is 0 Å². The first-order chi connectivity index (χ1) is 8.66. The Balaban J connectivity index is 1.87. The highest BCUT2D eigenvalue weighted by atomic mass is 32.2. The Hall–Kier alpha value is -1.16. The van der Waals surface area contributed by atoms with Gasteiger partial charge >= 0.3 is 0 Å². The van der Waals surface area contributed by atoms with E-state index in [1.807, 2.05) is 6.07 Å². The van der Waals surface area contributed by atoms with Crippen LogP contribution >= 0.6 is 0 Å². The van der Waals surface area contributed by atoms with Crippen LogP contribution in [0.2, 0.25) is 0 Å². The Labute approximate surface area is 110 Å². The number of fused-ring (bicyclic) bond motifs is 1. The molecule has 0 radical (unpaired) electrons. The first-order valence-electron chi connectivity index (χ1n) is 6.41. The van der Waals surface area contributed by atoms with Crippen LogP contribution in [0.1, 0.15) is 30.9 Å². The van der Waals surface area contributed by atoms with Gasteiger partial charge in [0.15, 0.2) is 0 Å². The summed E-state index contributed by atoms with van der Waals surface area (Å²) >= 11 is 0. The molecule has 2 rings (SSSR count). The Morgan fingerprint density at radius 1 is 1.33 bits per heavy atom. The SMILES string of the molecule is CC(=O)NCCC[S@](=O)c1ccc2c(c1)CCC2. The first kappa shape index (κ1) is 13.3. The van der Waals surface area contributed by atoms with Gasteiger partial charge in [-0.05, 0) is 48.9 Å². The Kier molecular flexibility index (Phi) is 4.53. The van der Waals surface area contributed by atoms with Gasteiger partial charge in [-0.1, -0.05) is 6.07 Å². The molecular formula is C14H19NO2S. The molecule has 1 amide bonds. The van der Waals surface area contributed by atoms with Crippen molar-refractivity contribution < 1.29 is 9.00 Å². The van der Waals surface area contributed by atoms with Crippen molar-refractivity contribution >= 4 is 16.7 Å². The summed E-state index contributed by atoms with van der Waals surface area (Å²) in [4.78, 5) is 11.6. The predicted octanol–water partition coefficient (Wildman–Crippen LogP) is 1.81. The Morgan fingerprint density at radius 2 is 2.11 bits per heavy atom. The highest BCUT2D eigenvalue weighted by molar-refractivity contribution is 7.85. The third-order valence-electron chi connectivity index (χ3n) is 3.21. The van der Waals surface area contributed by atoms with Crippen molar-refractivity contribution in [2.75, 3.05) is 12.3 Å². The normalized spacial score (nSPS) is 15.2. The molecule has 0 saturated carbocycles. The van der Waals surface area contributed by atoms with Crippen LogP contribution in [0.4, 0.5) is 0 Å². The average molecular weight is 265 g/mol. The zero-order valence-electron chi connectivity index (χ0n) is 10.7. The number of hydrogen-bond donors (Lipinski definition) is 1. The number of hydrogen-bond acceptors (Lipinski definition) is 2. The summed E-state index contributed by atoms with van der Waals surface area (Å²) in [6.07, 6.45) is 4.24. The van der Waals surface area contributed by atoms with Crippen LogP contribution in [0.25, 0.3) is 0 Å². The molecule has 0 unspecified atom stereocenters. The molecule has 1 aliphatic carbocycles. The molecule has 0 fully saturated rings. The summed E-state index contributed by atoms with van der Waals surface area (Å²) in [6.45, 7) is 2.10. The third kappa shape index (κ3) is 3.42. The van der Waals surface area contributed by atoms with Gasteiger partial charge < -0.3 is 5.32 Å². The summed E-state index contributed by atoms with van der Waals surface area (Å²) in [7, 11) is -0.942. The van der Waals surface area contributed by atoms with Crippen LogP contribution in [0, 0.1) is 0 Å². The number of aryl methyl sites for hydroxylation is 2. The number of carbonyl (C=O) groups is 1. The molecule has 1 N–H and O–H groups in total. The number of rotatable bonds is 5. The average Bonchev–Trinajstić information content (AvgIpc) is 2.81. The fourth-order valence-corrected chi connectivity index (χ4v) is 3.41. The second kappa shape index (κ2) is 6.14. The summed E-state index contributed by atoms with van der Waals surface area (Å²) < 4.78 is 12.1. The van der Waals surface area contributed by atoms with Crippen LogP contribution in [0.15, 0.2) is 23.1 Å². The van der Waals surface area contributed by atoms with Crippen molar-refractivity contribution in [3.05, 3.63) is 29.3 Å². The standard InChI is InChI=1S/C14H19NO2S/c1-11(16)15-8-3-9-18(17)14-7-6-12-4-2-5-13(12)10-14/h6-7,10H,2-5,8-9H2,1H3,(H,15,16)/t18-/m0/s1. The summed E-state index contributed by atoms with van der Waals surface area (Å²) in [5, 5.41) is 2.72. The molecule has 1 aromatic carbocycles. The number of amides is 1. The monoisotopic (exact) mass is 265 g/mol. The van der Waals surface area contributed by atoms with Crippen molar-refractivity contribution in [2.45, 2.75) is 37.5 Å². The summed E-state index contributed by atoms with van der Waals surface area (Å²) in [6, 6.07) is 6.19. The van der Waals surface area contributed by atoms with E-state index in [2.05, 4.69) is 17.4 Å². The minimum Gasteiger partial charge on any atom is -0.356 e. The highest BCUT2D eigenvalue weighted by Gasteiger charge is 2.13. The maximum atomic E-state index is 12.1. The molecule has 4 heteroatoms. The number of carbonyl (C=O) groups excluding carboxylic acids is 1. The van der Waals surface area contributed by atoms with Gasteiger partial charge in [0.05, 0.1) is 10.8 Å². The molecule has 0 heterocycles.